The molecule has 0 saturated carbocycles. The average Bonchev–Trinajstić information content (AvgIpc) is 2.86. The lowest BCUT2D eigenvalue weighted by Crippen LogP contribution is -2.31. The molecule has 1 aromatic heterocycles. The van der Waals surface area contributed by atoms with E-state index >= 15 is 0 Å². The largest absolute Gasteiger partial charge is 0.389 e. The zero-order valence-electron chi connectivity index (χ0n) is 12.3. The highest BCUT2D eigenvalue weighted by Gasteiger charge is 2.10. The van der Waals surface area contributed by atoms with E-state index in [4.69, 9.17) is 16.3 Å². The Bertz CT molecular complexity index is 593. The normalized spacial score (nSPS) is 12.8. The van der Waals surface area contributed by atoms with Gasteiger partial charge in [-0.15, -0.1) is 11.3 Å². The predicted molar refractivity (Wildman–Crippen MR) is 87.7 cm³/mol. The maximum Gasteiger partial charge on any atom is 0.128 e. The van der Waals surface area contributed by atoms with E-state index in [-0.39, 0.29) is 19.0 Å². The third-order valence-corrected chi connectivity index (χ3v) is 4.32. The van der Waals surface area contributed by atoms with Crippen LogP contribution in [0.2, 0.25) is 4.34 Å². The van der Waals surface area contributed by atoms with Crippen LogP contribution in [-0.4, -0.2) is 36.3 Å². The van der Waals surface area contributed by atoms with Gasteiger partial charge in [0.05, 0.1) is 23.7 Å². The van der Waals surface area contributed by atoms with Gasteiger partial charge in [0, 0.05) is 23.5 Å². The molecule has 0 aliphatic heterocycles. The van der Waals surface area contributed by atoms with Gasteiger partial charge in [0.2, 0.25) is 0 Å². The number of hydrogen-bond donors (Lipinski definition) is 1. The number of benzene rings is 1. The van der Waals surface area contributed by atoms with E-state index in [1.807, 2.05) is 24.1 Å². The molecule has 1 aromatic carbocycles. The summed E-state index contributed by atoms with van der Waals surface area (Å²) < 4.78 is 19.6. The van der Waals surface area contributed by atoms with E-state index in [2.05, 4.69) is 0 Å². The first-order chi connectivity index (χ1) is 10.5. The van der Waals surface area contributed by atoms with Crippen LogP contribution in [0.5, 0.6) is 0 Å². The molecular weight excluding hydrogens is 325 g/mol. The number of nitrogens with zero attached hydrogens (tertiary/aromatic N) is 1. The number of aliphatic hydroxyl groups excluding tert-OH is 1. The second-order valence-electron chi connectivity index (χ2n) is 5.16. The van der Waals surface area contributed by atoms with Gasteiger partial charge in [-0.25, -0.2) is 4.39 Å². The van der Waals surface area contributed by atoms with Crippen molar-refractivity contribution in [3.63, 3.8) is 0 Å². The van der Waals surface area contributed by atoms with Crippen molar-refractivity contribution in [1.82, 2.24) is 4.90 Å². The zero-order valence-corrected chi connectivity index (χ0v) is 13.9. The summed E-state index contributed by atoms with van der Waals surface area (Å²) in [4.78, 5) is 3.14. The summed E-state index contributed by atoms with van der Waals surface area (Å²) in [5.41, 5.74) is 0.497. The van der Waals surface area contributed by atoms with Gasteiger partial charge >= 0.3 is 0 Å². The molecule has 120 valence electrons. The number of likely N-dealkylation sites (N-methyl/N-ethyl adjacent to an activating group) is 1. The van der Waals surface area contributed by atoms with Crippen molar-refractivity contribution in [3.05, 3.63) is 57.0 Å². The van der Waals surface area contributed by atoms with Crippen molar-refractivity contribution in [2.24, 2.45) is 0 Å². The Labute approximate surface area is 138 Å². The number of thiophene rings is 1. The van der Waals surface area contributed by atoms with Gasteiger partial charge in [0.25, 0.3) is 0 Å². The van der Waals surface area contributed by atoms with E-state index in [0.29, 0.717) is 12.1 Å². The van der Waals surface area contributed by atoms with Crippen molar-refractivity contribution >= 4 is 22.9 Å². The molecule has 0 aliphatic carbocycles. The van der Waals surface area contributed by atoms with E-state index in [0.717, 1.165) is 15.8 Å². The summed E-state index contributed by atoms with van der Waals surface area (Å²) in [6.45, 7) is 1.53. The molecule has 0 fully saturated rings. The summed E-state index contributed by atoms with van der Waals surface area (Å²) in [6, 6.07) is 10.3. The minimum Gasteiger partial charge on any atom is -0.389 e. The molecule has 0 spiro atoms. The van der Waals surface area contributed by atoms with Crippen LogP contribution in [0.1, 0.15) is 10.4 Å². The Balaban J connectivity index is 1.69. The second-order valence-corrected chi connectivity index (χ2v) is 6.96. The van der Waals surface area contributed by atoms with Crippen LogP contribution in [0.15, 0.2) is 36.4 Å². The van der Waals surface area contributed by atoms with Crippen molar-refractivity contribution in [1.29, 1.82) is 0 Å². The van der Waals surface area contributed by atoms with Crippen molar-refractivity contribution in [2.45, 2.75) is 19.3 Å². The molecule has 0 bridgehead atoms. The molecule has 0 amide bonds. The topological polar surface area (TPSA) is 32.7 Å². The summed E-state index contributed by atoms with van der Waals surface area (Å²) in [6.07, 6.45) is -0.618. The Morgan fingerprint density at radius 3 is 2.77 bits per heavy atom. The zero-order chi connectivity index (χ0) is 15.9. The minimum atomic E-state index is -0.618. The van der Waals surface area contributed by atoms with Gasteiger partial charge < -0.3 is 9.84 Å². The number of ether oxygens (including phenoxy) is 1. The van der Waals surface area contributed by atoms with Gasteiger partial charge in [0.1, 0.15) is 5.82 Å². The fourth-order valence-electron chi connectivity index (χ4n) is 2.10. The first-order valence-corrected chi connectivity index (χ1v) is 8.16. The minimum absolute atomic E-state index is 0.161. The number of aliphatic hydroxyl groups is 1. The van der Waals surface area contributed by atoms with E-state index < -0.39 is 6.10 Å². The van der Waals surface area contributed by atoms with Crippen LogP contribution in [0.4, 0.5) is 4.39 Å². The fraction of sp³-hybridized carbons (Fsp3) is 0.375. The Kier molecular flexibility index (Phi) is 6.79. The lowest BCUT2D eigenvalue weighted by atomic mass is 10.2. The molecule has 0 radical (unpaired) electrons. The van der Waals surface area contributed by atoms with Crippen LogP contribution in [-0.2, 0) is 17.9 Å². The Morgan fingerprint density at radius 2 is 2.09 bits per heavy atom. The standard InChI is InChI=1S/C16H19ClFNO2S/c1-19(9-14-6-7-16(17)22-14)8-13(20)11-21-10-12-4-2-3-5-15(12)18/h2-7,13,20H,8-11H2,1H3. The molecule has 0 saturated heterocycles. The summed E-state index contributed by atoms with van der Waals surface area (Å²) >= 11 is 7.42. The smallest absolute Gasteiger partial charge is 0.128 e. The number of halogens is 2. The number of hydrogen-bond acceptors (Lipinski definition) is 4. The van der Waals surface area contributed by atoms with E-state index in [1.54, 1.807) is 18.2 Å². The average molecular weight is 344 g/mol. The first kappa shape index (κ1) is 17.4. The molecule has 1 N–H and O–H groups in total. The molecule has 0 aliphatic rings. The molecular formula is C16H19ClFNO2S. The molecule has 1 atom stereocenters. The third kappa shape index (κ3) is 5.66. The SMILES string of the molecule is CN(Cc1ccc(Cl)s1)CC(O)COCc1ccccc1F. The van der Waals surface area contributed by atoms with Crippen LogP contribution in [0, 0.1) is 5.82 Å². The summed E-state index contributed by atoms with van der Waals surface area (Å²) in [7, 11) is 1.92. The van der Waals surface area contributed by atoms with Crippen molar-refractivity contribution in [3.8, 4) is 0 Å². The van der Waals surface area contributed by atoms with E-state index in [1.165, 1.54) is 17.4 Å². The van der Waals surface area contributed by atoms with Gasteiger partial charge in [-0.3, -0.25) is 4.90 Å². The fourth-order valence-corrected chi connectivity index (χ4v) is 3.27. The Morgan fingerprint density at radius 1 is 1.32 bits per heavy atom. The van der Waals surface area contributed by atoms with Crippen LogP contribution in [0.3, 0.4) is 0 Å². The van der Waals surface area contributed by atoms with Crippen molar-refractivity contribution in [2.75, 3.05) is 20.2 Å². The summed E-state index contributed by atoms with van der Waals surface area (Å²) in [5.74, 6) is -0.288. The third-order valence-electron chi connectivity index (χ3n) is 3.10. The molecule has 22 heavy (non-hydrogen) atoms. The van der Waals surface area contributed by atoms with Gasteiger partial charge in [-0.2, -0.15) is 0 Å². The monoisotopic (exact) mass is 343 g/mol. The Hall–Kier alpha value is -0.980. The quantitative estimate of drug-likeness (QED) is 0.795. The lowest BCUT2D eigenvalue weighted by Gasteiger charge is -2.20. The lowest BCUT2D eigenvalue weighted by molar-refractivity contribution is 0.0120. The van der Waals surface area contributed by atoms with Crippen LogP contribution >= 0.6 is 22.9 Å². The molecule has 6 heteroatoms. The van der Waals surface area contributed by atoms with E-state index in [9.17, 15) is 9.50 Å². The second kappa shape index (κ2) is 8.60. The summed E-state index contributed by atoms with van der Waals surface area (Å²) in [5, 5.41) is 9.97. The van der Waals surface area contributed by atoms with Gasteiger partial charge in [-0.1, -0.05) is 29.8 Å². The van der Waals surface area contributed by atoms with Gasteiger partial charge in [-0.05, 0) is 25.2 Å². The number of rotatable bonds is 8. The maximum absolute atomic E-state index is 13.4. The molecule has 1 heterocycles. The highest BCUT2D eigenvalue weighted by molar-refractivity contribution is 7.16. The van der Waals surface area contributed by atoms with Crippen molar-refractivity contribution < 1.29 is 14.2 Å². The van der Waals surface area contributed by atoms with Gasteiger partial charge in [0.15, 0.2) is 0 Å². The molecule has 3 nitrogen and oxygen atoms in total. The molecule has 2 aromatic rings. The van der Waals surface area contributed by atoms with Crippen LogP contribution < -0.4 is 0 Å². The highest BCUT2D eigenvalue weighted by atomic mass is 35.5. The molecule has 2 rings (SSSR count). The predicted octanol–water partition coefficient (Wildman–Crippen LogP) is 3.55. The highest BCUT2D eigenvalue weighted by Crippen LogP contribution is 2.22. The maximum atomic E-state index is 13.4. The molecule has 1 unspecified atom stereocenters. The first-order valence-electron chi connectivity index (χ1n) is 6.96. The van der Waals surface area contributed by atoms with Crippen LogP contribution in [0.25, 0.3) is 0 Å².